The van der Waals surface area contributed by atoms with Gasteiger partial charge in [-0.1, -0.05) is 0 Å². The number of hydrogen-bond acceptors (Lipinski definition) is 0. The Morgan fingerprint density at radius 1 is 1.00 bits per heavy atom. The Labute approximate surface area is 52.5 Å². The molecule has 5 heteroatoms. The summed E-state index contributed by atoms with van der Waals surface area (Å²) in [6.07, 6.45) is 0. The van der Waals surface area contributed by atoms with Crippen molar-refractivity contribution in [3.8, 4) is 0 Å². The van der Waals surface area contributed by atoms with Crippen molar-refractivity contribution in [1.29, 1.82) is 0 Å². The normalized spacial score (nSPS) is 7.20. The van der Waals surface area contributed by atoms with Gasteiger partial charge in [0.05, 0.1) is 0 Å². The largest absolute Gasteiger partial charge is 0.0125 e. The van der Waals surface area contributed by atoms with Crippen molar-refractivity contribution >= 4 is 52.6 Å². The third kappa shape index (κ3) is 27.9. The molecule has 0 saturated heterocycles. The van der Waals surface area contributed by atoms with E-state index in [0.717, 1.165) is 0 Å². The van der Waals surface area contributed by atoms with Crippen molar-refractivity contribution in [3.05, 3.63) is 0 Å². The van der Waals surface area contributed by atoms with E-state index >= 15 is 0 Å². The summed E-state index contributed by atoms with van der Waals surface area (Å²) >= 11 is -1.92. The maximum absolute atomic E-state index is 4.97. The van der Waals surface area contributed by atoms with E-state index in [2.05, 4.69) is 0 Å². The molecule has 0 N–H and O–H groups in total. The standard InChI is InChI=1S/Cl3Ge.H3Si/c1-4(2)3;/h;1H3. The van der Waals surface area contributed by atoms with E-state index in [1.165, 1.54) is 0 Å². The molecular formula is H3Cl3GeSi. The number of hydrogen-bond donors (Lipinski definition) is 0. The van der Waals surface area contributed by atoms with Gasteiger partial charge in [-0.3, -0.25) is 0 Å². The second-order valence-electron chi connectivity index (χ2n) is 0.214. The molecule has 0 nitrogen and oxygen atoms in total. The average Bonchev–Trinajstić information content (AvgIpc) is 0.811. The fraction of sp³-hybridized carbons (Fsp3) is 0. The second-order valence-corrected chi connectivity index (χ2v) is 10.0. The number of halogens is 3. The van der Waals surface area contributed by atoms with Crippen LogP contribution in [0.3, 0.4) is 0 Å². The van der Waals surface area contributed by atoms with Gasteiger partial charge in [-0.05, 0) is 11.0 Å². The molecule has 32 valence electrons. The quantitative estimate of drug-likeness (QED) is 0.511. The van der Waals surface area contributed by atoms with E-state index in [9.17, 15) is 0 Å². The van der Waals surface area contributed by atoms with Gasteiger partial charge in [-0.25, -0.2) is 0 Å². The summed E-state index contributed by atoms with van der Waals surface area (Å²) in [6.45, 7) is 0. The average molecular weight is 210 g/mol. The fourth-order valence-electron chi connectivity index (χ4n) is 0. The Morgan fingerprint density at radius 2 is 1.00 bits per heavy atom. The van der Waals surface area contributed by atoms with E-state index in [0.29, 0.717) is 0 Å². The summed E-state index contributed by atoms with van der Waals surface area (Å²) in [5.41, 5.74) is 0. The molecule has 0 amide bonds. The predicted molar refractivity (Wildman–Crippen MR) is 33.3 cm³/mol. The Hall–Kier alpha value is 1.63. The molecule has 0 rings (SSSR count). The van der Waals surface area contributed by atoms with Crippen molar-refractivity contribution in [2.75, 3.05) is 0 Å². The molecule has 2 radical (unpaired) electrons. The smallest absolute Gasteiger partial charge is 0.0125 e. The molecule has 5 heavy (non-hydrogen) atoms. The predicted octanol–water partition coefficient (Wildman–Crippen LogP) is 0.504. The summed E-state index contributed by atoms with van der Waals surface area (Å²) in [4.78, 5) is 0. The molecule has 0 spiro atoms. The Balaban J connectivity index is 0. The molecule has 0 aromatic heterocycles. The summed E-state index contributed by atoms with van der Waals surface area (Å²) in [5, 5.41) is 0. The Morgan fingerprint density at radius 3 is 1.00 bits per heavy atom. The zero-order valence-corrected chi connectivity index (χ0v) is 9.00. The van der Waals surface area contributed by atoms with Crippen LogP contribution in [0.5, 0.6) is 0 Å². The van der Waals surface area contributed by atoms with Gasteiger partial charge in [-0.15, -0.1) is 0 Å². The van der Waals surface area contributed by atoms with Crippen LogP contribution < -0.4 is 0 Å². The zero-order valence-electron chi connectivity index (χ0n) is 2.63. The fourth-order valence-corrected chi connectivity index (χ4v) is 0. The SMILES string of the molecule is [Cl][Ge]([Cl])[Cl].[SiH3]. The van der Waals surface area contributed by atoms with Crippen molar-refractivity contribution in [1.82, 2.24) is 0 Å². The molecule has 0 aliphatic carbocycles. The minimum absolute atomic E-state index is 0. The maximum atomic E-state index is 4.97. The van der Waals surface area contributed by atoms with Crippen LogP contribution >= 0.6 is 30.0 Å². The summed E-state index contributed by atoms with van der Waals surface area (Å²) < 4.78 is 0. The topological polar surface area (TPSA) is 0 Å². The van der Waals surface area contributed by atoms with Crippen molar-refractivity contribution in [3.63, 3.8) is 0 Å². The zero-order chi connectivity index (χ0) is 3.58. The van der Waals surface area contributed by atoms with Crippen LogP contribution in [-0.4, -0.2) is 22.5 Å². The van der Waals surface area contributed by atoms with Crippen LogP contribution in [0.25, 0.3) is 0 Å². The van der Waals surface area contributed by atoms with Gasteiger partial charge in [-0.2, -0.15) is 0 Å². The number of rotatable bonds is 0. The van der Waals surface area contributed by atoms with Gasteiger partial charge in [0, 0.05) is 0 Å². The molecule has 0 saturated carbocycles. The van der Waals surface area contributed by atoms with Crippen LogP contribution in [0.1, 0.15) is 0 Å². The molecule has 0 fully saturated rings. The first-order valence-electron chi connectivity index (χ1n) is 0.567. The van der Waals surface area contributed by atoms with Gasteiger partial charge < -0.3 is 0 Å². The second kappa shape index (κ2) is 5.63. The maximum Gasteiger partial charge on any atom is -0.0125 e. The van der Waals surface area contributed by atoms with Gasteiger partial charge >= 0.3 is 41.6 Å². The van der Waals surface area contributed by atoms with Crippen molar-refractivity contribution < 1.29 is 0 Å². The molecule has 0 unspecified atom stereocenters. The molecule has 0 atom stereocenters. The monoisotopic (exact) mass is 210 g/mol. The van der Waals surface area contributed by atoms with Gasteiger partial charge in [0.15, 0.2) is 0 Å². The minimum Gasteiger partial charge on any atom is -0.0125 e. The minimum atomic E-state index is -1.92. The Kier molecular flexibility index (Phi) is 11.0. The third-order valence-corrected chi connectivity index (χ3v) is 0. The first-order chi connectivity index (χ1) is 1.73. The molecule has 0 heterocycles. The van der Waals surface area contributed by atoms with E-state index < -0.39 is 11.6 Å². The summed E-state index contributed by atoms with van der Waals surface area (Å²) in [5.74, 6) is 0. The summed E-state index contributed by atoms with van der Waals surface area (Å²) in [7, 11) is 14.9. The molecule has 0 aliphatic rings. The third-order valence-electron chi connectivity index (χ3n) is 0. The molecule has 0 aromatic rings. The van der Waals surface area contributed by atoms with E-state index in [-0.39, 0.29) is 11.0 Å². The first-order valence-corrected chi connectivity index (χ1v) is 8.84. The van der Waals surface area contributed by atoms with Crippen LogP contribution in [-0.2, 0) is 0 Å². The summed E-state index contributed by atoms with van der Waals surface area (Å²) in [6, 6.07) is 0. The van der Waals surface area contributed by atoms with E-state index in [1.54, 1.807) is 0 Å². The van der Waals surface area contributed by atoms with Crippen LogP contribution in [0.2, 0.25) is 0 Å². The molecule has 0 aromatic carbocycles. The van der Waals surface area contributed by atoms with Gasteiger partial charge in [0.2, 0.25) is 0 Å². The van der Waals surface area contributed by atoms with Crippen LogP contribution in [0.4, 0.5) is 0 Å². The van der Waals surface area contributed by atoms with E-state index in [4.69, 9.17) is 30.0 Å². The van der Waals surface area contributed by atoms with Crippen molar-refractivity contribution in [2.24, 2.45) is 0 Å². The van der Waals surface area contributed by atoms with Crippen LogP contribution in [0, 0.1) is 0 Å². The van der Waals surface area contributed by atoms with Crippen molar-refractivity contribution in [2.45, 2.75) is 0 Å². The molecule has 0 aliphatic heterocycles. The van der Waals surface area contributed by atoms with Gasteiger partial charge in [0.25, 0.3) is 0 Å². The molecule has 0 bridgehead atoms. The van der Waals surface area contributed by atoms with E-state index in [1.807, 2.05) is 0 Å². The molecular weight excluding hydrogens is 207 g/mol. The van der Waals surface area contributed by atoms with Gasteiger partial charge in [0.1, 0.15) is 0 Å². The first kappa shape index (κ1) is 9.80. The van der Waals surface area contributed by atoms with Crippen LogP contribution in [0.15, 0.2) is 0 Å². The Bertz CT molecular complexity index is 11.6.